The highest BCUT2D eigenvalue weighted by atomic mass is 19.1. The van der Waals surface area contributed by atoms with E-state index in [1.54, 1.807) is 12.1 Å². The van der Waals surface area contributed by atoms with Gasteiger partial charge in [-0.1, -0.05) is 25.3 Å². The maximum atomic E-state index is 13.6. The monoisotopic (exact) mass is 251 g/mol. The van der Waals surface area contributed by atoms with Crippen molar-refractivity contribution in [1.82, 2.24) is 5.32 Å². The number of halogens is 1. The molecular weight excluding hydrogens is 229 g/mol. The van der Waals surface area contributed by atoms with Gasteiger partial charge in [0.15, 0.2) is 11.6 Å². The summed E-state index contributed by atoms with van der Waals surface area (Å²) < 4.78 is 18.5. The van der Waals surface area contributed by atoms with Crippen LogP contribution in [0.25, 0.3) is 0 Å². The second-order valence-electron chi connectivity index (χ2n) is 5.16. The third-order valence-corrected chi connectivity index (χ3v) is 3.90. The van der Waals surface area contributed by atoms with Crippen molar-refractivity contribution >= 4 is 0 Å². The standard InChI is InChI=1S/C15H22FNO/c1-11(17-9-8-12-4-3-5-12)13-6-7-15(18-2)14(16)10-13/h6-7,10-12,17H,3-5,8-9H2,1-2H3. The Labute approximate surface area is 109 Å². The van der Waals surface area contributed by atoms with E-state index in [0.29, 0.717) is 5.75 Å². The molecule has 1 aromatic carbocycles. The van der Waals surface area contributed by atoms with Crippen LogP contribution in [-0.4, -0.2) is 13.7 Å². The molecule has 2 nitrogen and oxygen atoms in total. The molecule has 0 radical (unpaired) electrons. The van der Waals surface area contributed by atoms with Crippen molar-refractivity contribution in [1.29, 1.82) is 0 Å². The van der Waals surface area contributed by atoms with E-state index in [1.807, 2.05) is 6.07 Å². The molecule has 0 bridgehead atoms. The predicted octanol–water partition coefficient (Wildman–Crippen LogP) is 3.68. The van der Waals surface area contributed by atoms with Gasteiger partial charge in [-0.05, 0) is 43.5 Å². The van der Waals surface area contributed by atoms with Crippen molar-refractivity contribution < 1.29 is 9.13 Å². The Balaban J connectivity index is 1.83. The van der Waals surface area contributed by atoms with Gasteiger partial charge < -0.3 is 10.1 Å². The van der Waals surface area contributed by atoms with Crippen molar-refractivity contribution in [2.24, 2.45) is 5.92 Å². The maximum Gasteiger partial charge on any atom is 0.165 e. The van der Waals surface area contributed by atoms with Crippen molar-refractivity contribution in [2.45, 2.75) is 38.6 Å². The summed E-state index contributed by atoms with van der Waals surface area (Å²) in [6.45, 7) is 3.08. The second kappa shape index (κ2) is 6.19. The first kappa shape index (κ1) is 13.3. The number of nitrogens with one attached hydrogen (secondary N) is 1. The molecule has 1 aromatic rings. The zero-order chi connectivity index (χ0) is 13.0. The van der Waals surface area contributed by atoms with Crippen LogP contribution in [0, 0.1) is 11.7 Å². The molecule has 18 heavy (non-hydrogen) atoms. The first-order chi connectivity index (χ1) is 8.70. The van der Waals surface area contributed by atoms with Gasteiger partial charge in [0.25, 0.3) is 0 Å². The van der Waals surface area contributed by atoms with Gasteiger partial charge in [0.1, 0.15) is 0 Å². The zero-order valence-electron chi connectivity index (χ0n) is 11.2. The number of methoxy groups -OCH3 is 1. The number of ether oxygens (including phenoxy) is 1. The van der Waals surface area contributed by atoms with Gasteiger partial charge in [-0.3, -0.25) is 0 Å². The molecule has 1 aliphatic rings. The fraction of sp³-hybridized carbons (Fsp3) is 0.600. The number of rotatable bonds is 6. The van der Waals surface area contributed by atoms with Crippen LogP contribution in [0.2, 0.25) is 0 Å². The lowest BCUT2D eigenvalue weighted by atomic mass is 9.83. The maximum absolute atomic E-state index is 13.6. The van der Waals surface area contributed by atoms with E-state index in [4.69, 9.17) is 4.74 Å². The van der Waals surface area contributed by atoms with Crippen LogP contribution in [0.1, 0.15) is 44.2 Å². The van der Waals surface area contributed by atoms with Crippen LogP contribution in [0.15, 0.2) is 18.2 Å². The van der Waals surface area contributed by atoms with Gasteiger partial charge in [-0.25, -0.2) is 4.39 Å². The van der Waals surface area contributed by atoms with Crippen molar-refractivity contribution in [3.05, 3.63) is 29.6 Å². The minimum absolute atomic E-state index is 0.186. The lowest BCUT2D eigenvalue weighted by Crippen LogP contribution is -2.24. The van der Waals surface area contributed by atoms with Crippen LogP contribution in [-0.2, 0) is 0 Å². The summed E-state index contributed by atoms with van der Waals surface area (Å²) in [5.41, 5.74) is 0.974. The van der Waals surface area contributed by atoms with E-state index in [1.165, 1.54) is 32.8 Å². The quantitative estimate of drug-likeness (QED) is 0.832. The SMILES string of the molecule is COc1ccc(C(C)NCCC2CCC2)cc1F. The Morgan fingerprint density at radius 1 is 1.44 bits per heavy atom. The lowest BCUT2D eigenvalue weighted by molar-refractivity contribution is 0.288. The highest BCUT2D eigenvalue weighted by molar-refractivity contribution is 5.30. The molecule has 100 valence electrons. The molecule has 0 aliphatic heterocycles. The summed E-state index contributed by atoms with van der Waals surface area (Å²) in [6.07, 6.45) is 5.40. The van der Waals surface area contributed by atoms with Crippen molar-refractivity contribution in [3.8, 4) is 5.75 Å². The molecule has 1 atom stereocenters. The van der Waals surface area contributed by atoms with Gasteiger partial charge in [-0.2, -0.15) is 0 Å². The van der Waals surface area contributed by atoms with Gasteiger partial charge in [0, 0.05) is 6.04 Å². The van der Waals surface area contributed by atoms with Gasteiger partial charge in [0.05, 0.1) is 7.11 Å². The Morgan fingerprint density at radius 2 is 2.22 bits per heavy atom. The Hall–Kier alpha value is -1.09. The Bertz CT molecular complexity index is 390. The average Bonchev–Trinajstić information content (AvgIpc) is 2.32. The predicted molar refractivity (Wildman–Crippen MR) is 71.3 cm³/mol. The average molecular weight is 251 g/mol. The molecule has 1 saturated carbocycles. The number of hydrogen-bond acceptors (Lipinski definition) is 2. The summed E-state index contributed by atoms with van der Waals surface area (Å²) in [5.74, 6) is 0.931. The number of benzene rings is 1. The third-order valence-electron chi connectivity index (χ3n) is 3.90. The molecule has 0 saturated heterocycles. The molecule has 1 aliphatic carbocycles. The van der Waals surface area contributed by atoms with Crippen LogP contribution >= 0.6 is 0 Å². The van der Waals surface area contributed by atoms with E-state index in [-0.39, 0.29) is 11.9 Å². The minimum atomic E-state index is -0.289. The lowest BCUT2D eigenvalue weighted by Gasteiger charge is -2.26. The molecule has 0 heterocycles. The van der Waals surface area contributed by atoms with Crippen LogP contribution < -0.4 is 10.1 Å². The van der Waals surface area contributed by atoms with Crippen LogP contribution in [0.5, 0.6) is 5.75 Å². The highest BCUT2D eigenvalue weighted by Crippen LogP contribution is 2.29. The summed E-state index contributed by atoms with van der Waals surface area (Å²) >= 11 is 0. The summed E-state index contributed by atoms with van der Waals surface area (Å²) in [5, 5.41) is 3.46. The van der Waals surface area contributed by atoms with Gasteiger partial charge in [0.2, 0.25) is 0 Å². The summed E-state index contributed by atoms with van der Waals surface area (Å²) in [6, 6.07) is 5.35. The molecule has 1 fully saturated rings. The van der Waals surface area contributed by atoms with Gasteiger partial charge in [-0.15, -0.1) is 0 Å². The minimum Gasteiger partial charge on any atom is -0.494 e. The normalized spacial score (nSPS) is 17.3. The summed E-state index contributed by atoms with van der Waals surface area (Å²) in [4.78, 5) is 0. The molecular formula is C15H22FNO. The first-order valence-electron chi connectivity index (χ1n) is 6.77. The van der Waals surface area contributed by atoms with E-state index in [9.17, 15) is 4.39 Å². The molecule has 0 aromatic heterocycles. The number of hydrogen-bond donors (Lipinski definition) is 1. The molecule has 0 spiro atoms. The fourth-order valence-electron chi connectivity index (χ4n) is 2.36. The van der Waals surface area contributed by atoms with Crippen molar-refractivity contribution in [3.63, 3.8) is 0 Å². The zero-order valence-corrected chi connectivity index (χ0v) is 11.2. The van der Waals surface area contributed by atoms with E-state index in [0.717, 1.165) is 18.0 Å². The smallest absolute Gasteiger partial charge is 0.165 e. The third kappa shape index (κ3) is 3.22. The Morgan fingerprint density at radius 3 is 2.78 bits per heavy atom. The van der Waals surface area contributed by atoms with E-state index in [2.05, 4.69) is 12.2 Å². The van der Waals surface area contributed by atoms with E-state index >= 15 is 0 Å². The first-order valence-corrected chi connectivity index (χ1v) is 6.77. The highest BCUT2D eigenvalue weighted by Gasteiger charge is 2.17. The molecule has 1 N–H and O–H groups in total. The van der Waals surface area contributed by atoms with Crippen LogP contribution in [0.3, 0.4) is 0 Å². The molecule has 1 unspecified atom stereocenters. The largest absolute Gasteiger partial charge is 0.494 e. The van der Waals surface area contributed by atoms with Crippen molar-refractivity contribution in [2.75, 3.05) is 13.7 Å². The Kier molecular flexibility index (Phi) is 4.59. The fourth-order valence-corrected chi connectivity index (χ4v) is 2.36. The van der Waals surface area contributed by atoms with Crippen LogP contribution in [0.4, 0.5) is 4.39 Å². The summed E-state index contributed by atoms with van der Waals surface area (Å²) in [7, 11) is 1.48. The topological polar surface area (TPSA) is 21.3 Å². The molecule has 3 heteroatoms. The second-order valence-corrected chi connectivity index (χ2v) is 5.16. The molecule has 0 amide bonds. The van der Waals surface area contributed by atoms with E-state index < -0.39 is 0 Å². The molecule has 2 rings (SSSR count). The van der Waals surface area contributed by atoms with Gasteiger partial charge >= 0.3 is 0 Å².